The first-order valence-electron chi connectivity index (χ1n) is 7.97. The van der Waals surface area contributed by atoms with Crippen LogP contribution in [0.2, 0.25) is 0 Å². The van der Waals surface area contributed by atoms with E-state index in [0.717, 1.165) is 16.5 Å². The van der Waals surface area contributed by atoms with Gasteiger partial charge in [0.05, 0.1) is 6.42 Å². The molecule has 0 atom stereocenters. The minimum absolute atomic E-state index is 0.0430. The highest BCUT2D eigenvalue weighted by Gasteiger charge is 2.09. The van der Waals surface area contributed by atoms with Crippen LogP contribution >= 0.6 is 12.2 Å². The van der Waals surface area contributed by atoms with Crippen LogP contribution in [0.1, 0.15) is 5.56 Å². The van der Waals surface area contributed by atoms with Crippen LogP contribution in [0.15, 0.2) is 54.7 Å². The highest BCUT2D eigenvalue weighted by molar-refractivity contribution is 7.80. The first kappa shape index (κ1) is 18.6. The molecule has 0 spiro atoms. The van der Waals surface area contributed by atoms with Crippen molar-refractivity contribution in [2.45, 2.75) is 13.0 Å². The molecule has 1 amide bonds. The van der Waals surface area contributed by atoms with Crippen LogP contribution in [-0.2, 0) is 11.2 Å². The lowest BCUT2D eigenvalue weighted by Gasteiger charge is -2.12. The molecular weight excluding hydrogens is 374 g/mol. The lowest BCUT2D eigenvalue weighted by atomic mass is 10.1. The third kappa shape index (κ3) is 5.14. The fourth-order valence-electron chi connectivity index (χ4n) is 2.50. The minimum Gasteiger partial charge on any atom is -0.435 e. The number of carbonyl (C=O) groups is 1. The maximum absolute atomic E-state index is 12.1. The van der Waals surface area contributed by atoms with E-state index in [0.29, 0.717) is 5.69 Å². The molecule has 3 rings (SSSR count). The van der Waals surface area contributed by atoms with E-state index >= 15 is 0 Å². The second-order valence-corrected chi connectivity index (χ2v) is 5.97. The largest absolute Gasteiger partial charge is 0.435 e. The molecule has 0 unspecified atom stereocenters. The summed E-state index contributed by atoms with van der Waals surface area (Å²) in [5, 5.41) is 3.97. The van der Waals surface area contributed by atoms with E-state index in [1.54, 1.807) is 6.20 Å². The number of alkyl halides is 2. The first-order chi connectivity index (χ1) is 13.0. The van der Waals surface area contributed by atoms with Gasteiger partial charge >= 0.3 is 6.61 Å². The second kappa shape index (κ2) is 8.45. The van der Waals surface area contributed by atoms with Crippen molar-refractivity contribution in [1.29, 1.82) is 0 Å². The summed E-state index contributed by atoms with van der Waals surface area (Å²) in [6.07, 6.45) is 1.98. The summed E-state index contributed by atoms with van der Waals surface area (Å²) in [4.78, 5) is 15.2. The van der Waals surface area contributed by atoms with E-state index in [9.17, 15) is 13.6 Å². The number of aromatic nitrogens is 1. The van der Waals surface area contributed by atoms with Gasteiger partial charge in [0.1, 0.15) is 5.75 Å². The van der Waals surface area contributed by atoms with Crippen molar-refractivity contribution in [3.63, 3.8) is 0 Å². The third-order valence-corrected chi connectivity index (χ3v) is 3.88. The molecule has 0 fully saturated rings. The summed E-state index contributed by atoms with van der Waals surface area (Å²) >= 11 is 5.09. The average molecular weight is 390 g/mol. The zero-order valence-electron chi connectivity index (χ0n) is 14.0. The number of halogens is 2. The fourth-order valence-corrected chi connectivity index (χ4v) is 2.67. The Balaban J connectivity index is 1.48. The van der Waals surface area contributed by atoms with Crippen LogP contribution in [0.4, 0.5) is 14.5 Å². The Labute approximate surface area is 158 Å². The maximum atomic E-state index is 12.1. The van der Waals surface area contributed by atoms with E-state index in [1.165, 1.54) is 24.3 Å². The molecule has 9 heteroatoms. The van der Waals surface area contributed by atoms with Crippen LogP contribution in [0, 0.1) is 0 Å². The lowest BCUT2D eigenvalue weighted by Crippen LogP contribution is -2.44. The van der Waals surface area contributed by atoms with E-state index in [1.807, 2.05) is 24.3 Å². The number of thiocarbonyl (C=S) groups is 1. The predicted octanol–water partition coefficient (Wildman–Crippen LogP) is 3.33. The normalized spacial score (nSPS) is 10.6. The van der Waals surface area contributed by atoms with Gasteiger partial charge in [-0.15, -0.1) is 0 Å². The van der Waals surface area contributed by atoms with Gasteiger partial charge < -0.3 is 15.0 Å². The summed E-state index contributed by atoms with van der Waals surface area (Å²) in [5.74, 6) is -0.217. The first-order valence-corrected chi connectivity index (χ1v) is 8.38. The number of nitrogens with one attached hydrogen (secondary N) is 4. The number of aromatic amines is 1. The summed E-state index contributed by atoms with van der Waals surface area (Å²) in [6, 6.07) is 13.5. The van der Waals surface area contributed by atoms with Crippen molar-refractivity contribution < 1.29 is 18.3 Å². The Morgan fingerprint density at radius 2 is 1.85 bits per heavy atom. The SMILES string of the molecule is O=C(Cc1c[nH]c2ccccc12)NNC(=S)Nc1ccc(OC(F)F)cc1. The van der Waals surface area contributed by atoms with Gasteiger partial charge in [0.25, 0.3) is 0 Å². The van der Waals surface area contributed by atoms with Crippen LogP contribution in [0.25, 0.3) is 10.9 Å². The van der Waals surface area contributed by atoms with Gasteiger partial charge in [0.15, 0.2) is 5.11 Å². The molecule has 4 N–H and O–H groups in total. The number of rotatable bonds is 5. The van der Waals surface area contributed by atoms with E-state index in [2.05, 4.69) is 25.9 Å². The van der Waals surface area contributed by atoms with Crippen molar-refractivity contribution >= 4 is 39.8 Å². The topological polar surface area (TPSA) is 78.2 Å². The molecule has 0 aliphatic carbocycles. The number of H-pyrrole nitrogens is 1. The van der Waals surface area contributed by atoms with Crippen LogP contribution in [-0.4, -0.2) is 22.6 Å². The standard InChI is InChI=1S/C18H16F2N4O2S/c19-17(20)26-13-7-5-12(6-8-13)22-18(27)24-23-16(25)9-11-10-21-15-4-2-1-3-14(11)15/h1-8,10,17,21H,9H2,(H,23,25)(H2,22,24,27). The van der Waals surface area contributed by atoms with Crippen LogP contribution in [0.5, 0.6) is 5.75 Å². The Hall–Kier alpha value is -3.20. The smallest absolute Gasteiger partial charge is 0.387 e. The van der Waals surface area contributed by atoms with Gasteiger partial charge in [-0.25, -0.2) is 0 Å². The van der Waals surface area contributed by atoms with E-state index < -0.39 is 6.61 Å². The van der Waals surface area contributed by atoms with Gasteiger partial charge in [-0.3, -0.25) is 15.6 Å². The number of carbonyl (C=O) groups excluding carboxylic acids is 1. The van der Waals surface area contributed by atoms with Gasteiger partial charge in [-0.1, -0.05) is 18.2 Å². The number of para-hydroxylation sites is 1. The van der Waals surface area contributed by atoms with Gasteiger partial charge in [0.2, 0.25) is 5.91 Å². The molecule has 1 heterocycles. The molecule has 1 aromatic heterocycles. The summed E-state index contributed by atoms with van der Waals surface area (Å²) in [7, 11) is 0. The molecule has 2 aromatic carbocycles. The molecule has 0 radical (unpaired) electrons. The second-order valence-electron chi connectivity index (χ2n) is 5.57. The molecular formula is C18H16F2N4O2S. The molecule has 140 valence electrons. The minimum atomic E-state index is -2.88. The number of amides is 1. The number of ether oxygens (including phenoxy) is 1. The maximum Gasteiger partial charge on any atom is 0.387 e. The molecule has 0 saturated heterocycles. The molecule has 27 heavy (non-hydrogen) atoms. The summed E-state index contributed by atoms with van der Waals surface area (Å²) < 4.78 is 28.5. The lowest BCUT2D eigenvalue weighted by molar-refractivity contribution is -0.120. The predicted molar refractivity (Wildman–Crippen MR) is 103 cm³/mol. The number of hydrogen-bond acceptors (Lipinski definition) is 3. The van der Waals surface area contributed by atoms with Crippen molar-refractivity contribution in [3.8, 4) is 5.75 Å². The quantitative estimate of drug-likeness (QED) is 0.397. The molecule has 6 nitrogen and oxygen atoms in total. The Bertz CT molecular complexity index is 944. The summed E-state index contributed by atoms with van der Waals surface area (Å²) in [6.45, 7) is -2.88. The molecule has 0 bridgehead atoms. The van der Waals surface area contributed by atoms with Crippen LogP contribution < -0.4 is 20.9 Å². The third-order valence-electron chi connectivity index (χ3n) is 3.68. The van der Waals surface area contributed by atoms with E-state index in [4.69, 9.17) is 12.2 Å². The molecule has 0 aliphatic rings. The zero-order valence-corrected chi connectivity index (χ0v) is 14.8. The van der Waals surface area contributed by atoms with Gasteiger partial charge in [-0.05, 0) is 48.1 Å². The monoisotopic (exact) mass is 390 g/mol. The number of fused-ring (bicyclic) bond motifs is 1. The number of hydrogen-bond donors (Lipinski definition) is 4. The van der Waals surface area contributed by atoms with Crippen molar-refractivity contribution in [1.82, 2.24) is 15.8 Å². The molecule has 3 aromatic rings. The Morgan fingerprint density at radius 1 is 1.11 bits per heavy atom. The average Bonchev–Trinajstić information content (AvgIpc) is 3.04. The number of hydrazine groups is 1. The Kier molecular flexibility index (Phi) is 5.82. The number of benzene rings is 2. The fraction of sp³-hybridized carbons (Fsp3) is 0.111. The van der Waals surface area contributed by atoms with Gasteiger partial charge in [0, 0.05) is 22.8 Å². The van der Waals surface area contributed by atoms with Crippen molar-refractivity contribution in [2.75, 3.05) is 5.32 Å². The summed E-state index contributed by atoms with van der Waals surface area (Å²) in [5.41, 5.74) is 7.50. The van der Waals surface area contributed by atoms with Gasteiger partial charge in [-0.2, -0.15) is 8.78 Å². The number of anilines is 1. The van der Waals surface area contributed by atoms with Crippen molar-refractivity contribution in [3.05, 3.63) is 60.3 Å². The molecule has 0 saturated carbocycles. The van der Waals surface area contributed by atoms with E-state index in [-0.39, 0.29) is 23.2 Å². The zero-order chi connectivity index (χ0) is 19.2. The Morgan fingerprint density at radius 3 is 2.59 bits per heavy atom. The van der Waals surface area contributed by atoms with Crippen molar-refractivity contribution in [2.24, 2.45) is 0 Å². The highest BCUT2D eigenvalue weighted by atomic mass is 32.1. The van der Waals surface area contributed by atoms with Crippen LogP contribution in [0.3, 0.4) is 0 Å². The highest BCUT2D eigenvalue weighted by Crippen LogP contribution is 2.18. The molecule has 0 aliphatic heterocycles.